The second kappa shape index (κ2) is 5.91. The lowest BCUT2D eigenvalue weighted by atomic mass is 9.76. The summed E-state index contributed by atoms with van der Waals surface area (Å²) in [6.45, 7) is 2.48. The molecule has 1 aliphatic carbocycles. The Bertz CT molecular complexity index is 673. The van der Waals surface area contributed by atoms with Crippen LogP contribution >= 0.6 is 11.3 Å². The van der Waals surface area contributed by atoms with Crippen LogP contribution < -0.4 is 4.90 Å². The Morgan fingerprint density at radius 3 is 2.57 bits per heavy atom. The van der Waals surface area contributed by atoms with Gasteiger partial charge in [-0.05, 0) is 44.3 Å². The summed E-state index contributed by atoms with van der Waals surface area (Å²) < 4.78 is 0. The van der Waals surface area contributed by atoms with Crippen molar-refractivity contribution in [3.63, 3.8) is 0 Å². The van der Waals surface area contributed by atoms with Crippen molar-refractivity contribution in [2.75, 3.05) is 32.1 Å². The molecule has 2 heterocycles. The van der Waals surface area contributed by atoms with Crippen molar-refractivity contribution in [1.82, 2.24) is 9.88 Å². The first-order valence-electron chi connectivity index (χ1n) is 8.65. The van der Waals surface area contributed by atoms with Crippen molar-refractivity contribution in [3.05, 3.63) is 46.5 Å². The molecule has 1 fully saturated rings. The summed E-state index contributed by atoms with van der Waals surface area (Å²) in [4.78, 5) is 11.3. The fraction of sp³-hybridized carbons (Fsp3) is 0.526. The van der Waals surface area contributed by atoms with Crippen molar-refractivity contribution < 1.29 is 0 Å². The maximum absolute atomic E-state index is 4.86. The van der Waals surface area contributed by atoms with Crippen LogP contribution in [0.3, 0.4) is 0 Å². The monoisotopic (exact) mass is 327 g/mol. The van der Waals surface area contributed by atoms with Crippen LogP contribution in [0.25, 0.3) is 0 Å². The number of rotatable bonds is 3. The second-order valence-corrected chi connectivity index (χ2v) is 8.09. The number of nitrogens with zero attached hydrogens (tertiary/aromatic N) is 3. The van der Waals surface area contributed by atoms with Crippen LogP contribution in [-0.4, -0.2) is 37.1 Å². The molecule has 1 saturated heterocycles. The number of benzene rings is 1. The summed E-state index contributed by atoms with van der Waals surface area (Å²) in [6.07, 6.45) is 6.10. The molecule has 0 N–H and O–H groups in total. The first kappa shape index (κ1) is 15.2. The number of anilines is 1. The van der Waals surface area contributed by atoms with Crippen LogP contribution in [0.4, 0.5) is 5.13 Å². The third-order valence-corrected chi connectivity index (χ3v) is 6.67. The number of hydrogen-bond donors (Lipinski definition) is 0. The van der Waals surface area contributed by atoms with Crippen molar-refractivity contribution in [1.29, 1.82) is 0 Å². The molecule has 1 unspecified atom stereocenters. The maximum atomic E-state index is 4.86. The van der Waals surface area contributed by atoms with Gasteiger partial charge in [-0.1, -0.05) is 30.3 Å². The molecule has 1 aliphatic heterocycles. The van der Waals surface area contributed by atoms with Crippen LogP contribution in [0.1, 0.15) is 35.4 Å². The highest BCUT2D eigenvalue weighted by Crippen LogP contribution is 2.45. The Morgan fingerprint density at radius 1 is 1.13 bits per heavy atom. The highest BCUT2D eigenvalue weighted by atomic mass is 32.1. The number of aromatic nitrogens is 1. The van der Waals surface area contributed by atoms with Gasteiger partial charge in [-0.15, -0.1) is 11.3 Å². The molecule has 0 saturated carbocycles. The summed E-state index contributed by atoms with van der Waals surface area (Å²) in [5.41, 5.74) is 3.01. The van der Waals surface area contributed by atoms with Gasteiger partial charge < -0.3 is 4.90 Å². The predicted octanol–water partition coefficient (Wildman–Crippen LogP) is 3.69. The standard InChI is InChI=1S/C19H25N3S/c1-21(2)18-20-16-10-11-19(14-17(16)23-18,22-12-6-7-13-22)15-8-4-3-5-9-15/h3-5,8-9H,6-7,10-14H2,1-2H3. The molecule has 2 aromatic rings. The van der Waals surface area contributed by atoms with Gasteiger partial charge in [0.1, 0.15) is 0 Å². The first-order valence-corrected chi connectivity index (χ1v) is 9.47. The Hall–Kier alpha value is -1.39. The lowest BCUT2D eigenvalue weighted by molar-refractivity contribution is 0.0977. The molecule has 4 heteroatoms. The van der Waals surface area contributed by atoms with Gasteiger partial charge in [0, 0.05) is 25.4 Å². The van der Waals surface area contributed by atoms with E-state index in [1.54, 1.807) is 0 Å². The van der Waals surface area contributed by atoms with Crippen LogP contribution in [0.5, 0.6) is 0 Å². The molecule has 1 aromatic heterocycles. The Kier molecular flexibility index (Phi) is 3.90. The van der Waals surface area contributed by atoms with E-state index in [2.05, 4.69) is 54.2 Å². The number of fused-ring (bicyclic) bond motifs is 1. The number of hydrogen-bond acceptors (Lipinski definition) is 4. The molecule has 0 radical (unpaired) electrons. The molecule has 0 amide bonds. The molecule has 1 aromatic carbocycles. The zero-order valence-electron chi connectivity index (χ0n) is 14.1. The van der Waals surface area contributed by atoms with E-state index in [1.807, 2.05) is 11.3 Å². The van der Waals surface area contributed by atoms with E-state index in [-0.39, 0.29) is 5.54 Å². The van der Waals surface area contributed by atoms with Crippen LogP contribution in [0.2, 0.25) is 0 Å². The number of aryl methyl sites for hydroxylation is 1. The zero-order valence-corrected chi connectivity index (χ0v) is 14.9. The minimum Gasteiger partial charge on any atom is -0.354 e. The number of likely N-dealkylation sites (tertiary alicyclic amines) is 1. The zero-order chi connectivity index (χ0) is 15.9. The highest BCUT2D eigenvalue weighted by molar-refractivity contribution is 7.15. The second-order valence-electron chi connectivity index (χ2n) is 7.03. The largest absolute Gasteiger partial charge is 0.354 e. The normalized spacial score (nSPS) is 24.6. The van der Waals surface area contributed by atoms with Crippen molar-refractivity contribution in [2.24, 2.45) is 0 Å². The average molecular weight is 327 g/mol. The van der Waals surface area contributed by atoms with Crippen molar-refractivity contribution in [3.8, 4) is 0 Å². The lowest BCUT2D eigenvalue weighted by Gasteiger charge is -2.44. The van der Waals surface area contributed by atoms with Gasteiger partial charge in [0.05, 0.1) is 11.2 Å². The molecular weight excluding hydrogens is 302 g/mol. The summed E-state index contributed by atoms with van der Waals surface area (Å²) >= 11 is 1.89. The molecule has 0 spiro atoms. The Labute approximate surface area is 143 Å². The highest BCUT2D eigenvalue weighted by Gasteiger charge is 2.43. The Balaban J connectivity index is 1.75. The van der Waals surface area contributed by atoms with E-state index in [0.29, 0.717) is 0 Å². The lowest BCUT2D eigenvalue weighted by Crippen LogP contribution is -2.48. The summed E-state index contributed by atoms with van der Waals surface area (Å²) in [6, 6.07) is 11.2. The third-order valence-electron chi connectivity index (χ3n) is 5.40. The summed E-state index contributed by atoms with van der Waals surface area (Å²) in [5.74, 6) is 0. The fourth-order valence-electron chi connectivity index (χ4n) is 4.17. The smallest absolute Gasteiger partial charge is 0.185 e. The molecule has 122 valence electrons. The van der Waals surface area contributed by atoms with Gasteiger partial charge in [0.15, 0.2) is 5.13 Å². The summed E-state index contributed by atoms with van der Waals surface area (Å²) in [5, 5.41) is 1.15. The van der Waals surface area contributed by atoms with Crippen LogP contribution in [0.15, 0.2) is 30.3 Å². The van der Waals surface area contributed by atoms with E-state index in [0.717, 1.165) is 18.0 Å². The van der Waals surface area contributed by atoms with Gasteiger partial charge in [-0.25, -0.2) is 4.98 Å². The maximum Gasteiger partial charge on any atom is 0.185 e. The third kappa shape index (κ3) is 2.58. The topological polar surface area (TPSA) is 19.4 Å². The van der Waals surface area contributed by atoms with Crippen LogP contribution in [-0.2, 0) is 18.4 Å². The average Bonchev–Trinajstić information content (AvgIpc) is 3.24. The van der Waals surface area contributed by atoms with Crippen LogP contribution in [0, 0.1) is 0 Å². The van der Waals surface area contributed by atoms with E-state index in [1.165, 1.54) is 48.5 Å². The van der Waals surface area contributed by atoms with Gasteiger partial charge in [-0.3, -0.25) is 4.90 Å². The van der Waals surface area contributed by atoms with Crippen molar-refractivity contribution in [2.45, 2.75) is 37.6 Å². The quantitative estimate of drug-likeness (QED) is 0.857. The van der Waals surface area contributed by atoms with E-state index in [4.69, 9.17) is 4.98 Å². The summed E-state index contributed by atoms with van der Waals surface area (Å²) in [7, 11) is 4.18. The SMILES string of the molecule is CN(C)c1nc2c(s1)CC(c1ccccc1)(N1CCCC1)CC2. The first-order chi connectivity index (χ1) is 11.2. The van der Waals surface area contributed by atoms with E-state index in [9.17, 15) is 0 Å². The van der Waals surface area contributed by atoms with Gasteiger partial charge in [0.2, 0.25) is 0 Å². The minimum atomic E-state index is 0.181. The molecule has 0 bridgehead atoms. The Morgan fingerprint density at radius 2 is 1.87 bits per heavy atom. The van der Waals surface area contributed by atoms with Gasteiger partial charge >= 0.3 is 0 Å². The van der Waals surface area contributed by atoms with Crippen molar-refractivity contribution >= 4 is 16.5 Å². The predicted molar refractivity (Wildman–Crippen MR) is 97.4 cm³/mol. The molecule has 3 nitrogen and oxygen atoms in total. The molecule has 2 aliphatic rings. The molecule has 23 heavy (non-hydrogen) atoms. The number of thiazole rings is 1. The van der Waals surface area contributed by atoms with E-state index >= 15 is 0 Å². The molecule has 4 rings (SSSR count). The molecule has 1 atom stereocenters. The van der Waals surface area contributed by atoms with E-state index < -0.39 is 0 Å². The minimum absolute atomic E-state index is 0.181. The van der Waals surface area contributed by atoms with Gasteiger partial charge in [-0.2, -0.15) is 0 Å². The van der Waals surface area contributed by atoms with Gasteiger partial charge in [0.25, 0.3) is 0 Å². The fourth-order valence-corrected chi connectivity index (χ4v) is 5.30. The molecular formula is C19H25N3S.